The Bertz CT molecular complexity index is 1080. The Morgan fingerprint density at radius 1 is 0.970 bits per heavy atom. The van der Waals surface area contributed by atoms with Crippen molar-refractivity contribution in [3.63, 3.8) is 0 Å². The number of hydrogen-bond donors (Lipinski definition) is 1. The first kappa shape index (κ1) is 25.4. The van der Waals surface area contributed by atoms with Gasteiger partial charge in [0.25, 0.3) is 0 Å². The number of carbonyl (C=O) groups is 3. The van der Waals surface area contributed by atoms with E-state index in [2.05, 4.69) is 15.5 Å². The summed E-state index contributed by atoms with van der Waals surface area (Å²) in [5.41, 5.74) is 3.12. The zero-order valence-electron chi connectivity index (χ0n) is 19.4. The van der Waals surface area contributed by atoms with Gasteiger partial charge in [-0.25, -0.2) is 19.4 Å². The minimum atomic E-state index is -0.753. The number of esters is 3. The molecular weight excluding hydrogens is 434 g/mol. The summed E-state index contributed by atoms with van der Waals surface area (Å²) >= 11 is 0. The first-order chi connectivity index (χ1) is 15.8. The number of fused-ring (bicyclic) bond motifs is 1. The number of pyridine rings is 1. The molecule has 1 aromatic carbocycles. The van der Waals surface area contributed by atoms with Crippen LogP contribution in [-0.4, -0.2) is 62.6 Å². The summed E-state index contributed by atoms with van der Waals surface area (Å²) in [5.74, 6) is -1.57. The van der Waals surface area contributed by atoms with Crippen LogP contribution >= 0.6 is 0 Å². The summed E-state index contributed by atoms with van der Waals surface area (Å²) in [5, 5.41) is 4.32. The van der Waals surface area contributed by atoms with Gasteiger partial charge in [0, 0.05) is 11.5 Å². The number of hydrazone groups is 1. The van der Waals surface area contributed by atoms with Gasteiger partial charge in [-0.1, -0.05) is 0 Å². The van der Waals surface area contributed by atoms with Crippen LogP contribution < -0.4 is 14.9 Å². The fraction of sp³-hybridized carbons (Fsp3) is 0.409. The Kier molecular flexibility index (Phi) is 8.96. The molecule has 0 aliphatic carbocycles. The van der Waals surface area contributed by atoms with E-state index in [1.54, 1.807) is 26.8 Å². The second-order valence-corrected chi connectivity index (χ2v) is 6.41. The van der Waals surface area contributed by atoms with Crippen molar-refractivity contribution in [3.05, 3.63) is 23.4 Å². The maximum absolute atomic E-state index is 12.6. The van der Waals surface area contributed by atoms with Crippen LogP contribution in [0.1, 0.15) is 48.5 Å². The predicted octanol–water partition coefficient (Wildman–Crippen LogP) is 2.96. The summed E-state index contributed by atoms with van der Waals surface area (Å²) in [6.45, 7) is 7.47. The van der Waals surface area contributed by atoms with E-state index >= 15 is 0 Å². The number of ether oxygens (including phenoxy) is 5. The van der Waals surface area contributed by atoms with Crippen LogP contribution in [0.5, 0.6) is 11.5 Å². The first-order valence-electron chi connectivity index (χ1n) is 10.2. The predicted molar refractivity (Wildman–Crippen MR) is 120 cm³/mol. The van der Waals surface area contributed by atoms with E-state index in [9.17, 15) is 14.4 Å². The standard InChI is InChI=1S/C22H27N3O8/c1-7-31-16-11-14(25-24-12(4)20(26)33-9-3)17-13(21(27)29-5)10-15(22(28)30-6)23-18(17)19(16)32-8-2/h10-11,25H,7-9H2,1-6H3/b24-12-. The van der Waals surface area contributed by atoms with E-state index < -0.39 is 17.9 Å². The lowest BCUT2D eigenvalue weighted by Crippen LogP contribution is -2.16. The number of nitrogens with zero attached hydrogens (tertiary/aromatic N) is 2. The van der Waals surface area contributed by atoms with E-state index in [4.69, 9.17) is 23.7 Å². The molecule has 0 aliphatic rings. The van der Waals surface area contributed by atoms with Crippen LogP contribution in [0.25, 0.3) is 10.9 Å². The lowest BCUT2D eigenvalue weighted by molar-refractivity contribution is -0.135. The molecule has 0 unspecified atom stereocenters. The van der Waals surface area contributed by atoms with Crippen LogP contribution in [0.4, 0.5) is 5.69 Å². The zero-order chi connectivity index (χ0) is 24.5. The van der Waals surface area contributed by atoms with Crippen LogP contribution in [0.2, 0.25) is 0 Å². The largest absolute Gasteiger partial charge is 0.490 e. The SMILES string of the molecule is CCOC(=O)/C(C)=N\Nc1cc(OCC)c(OCC)c2nc(C(=O)OC)cc(C(=O)OC)c12. The highest BCUT2D eigenvalue weighted by Gasteiger charge is 2.25. The average Bonchev–Trinajstić information content (AvgIpc) is 2.82. The third-order valence-corrected chi connectivity index (χ3v) is 4.31. The third-order valence-electron chi connectivity index (χ3n) is 4.31. The Morgan fingerprint density at radius 2 is 1.64 bits per heavy atom. The van der Waals surface area contributed by atoms with Crippen molar-refractivity contribution in [1.29, 1.82) is 0 Å². The molecule has 0 spiro atoms. The molecule has 178 valence electrons. The van der Waals surface area contributed by atoms with Gasteiger partial charge >= 0.3 is 17.9 Å². The van der Waals surface area contributed by atoms with Gasteiger partial charge in [0.05, 0.1) is 45.3 Å². The molecule has 0 saturated heterocycles. The quantitative estimate of drug-likeness (QED) is 0.243. The minimum absolute atomic E-state index is 0.0124. The number of anilines is 1. The smallest absolute Gasteiger partial charge is 0.356 e. The van der Waals surface area contributed by atoms with E-state index in [1.165, 1.54) is 27.2 Å². The number of nitrogens with one attached hydrogen (secondary N) is 1. The highest BCUT2D eigenvalue weighted by atomic mass is 16.5. The van der Waals surface area contributed by atoms with Gasteiger partial charge in [0.2, 0.25) is 0 Å². The van der Waals surface area contributed by atoms with Gasteiger partial charge in [-0.2, -0.15) is 5.10 Å². The van der Waals surface area contributed by atoms with Gasteiger partial charge in [-0.15, -0.1) is 0 Å². The molecule has 0 fully saturated rings. The van der Waals surface area contributed by atoms with Crippen LogP contribution in [0.15, 0.2) is 17.2 Å². The van der Waals surface area contributed by atoms with E-state index in [1.807, 2.05) is 0 Å². The summed E-state index contributed by atoms with van der Waals surface area (Å²) < 4.78 is 26.1. The van der Waals surface area contributed by atoms with Gasteiger partial charge < -0.3 is 23.7 Å². The maximum atomic E-state index is 12.6. The molecule has 0 bridgehead atoms. The molecule has 0 saturated carbocycles. The van der Waals surface area contributed by atoms with E-state index in [0.29, 0.717) is 12.4 Å². The van der Waals surface area contributed by atoms with Crippen LogP contribution in [-0.2, 0) is 19.0 Å². The first-order valence-corrected chi connectivity index (χ1v) is 10.2. The normalized spacial score (nSPS) is 11.0. The summed E-state index contributed by atoms with van der Waals surface area (Å²) in [4.78, 5) is 41.2. The number of rotatable bonds is 10. The Balaban J connectivity index is 2.89. The summed E-state index contributed by atoms with van der Waals surface area (Å²) in [7, 11) is 2.41. The molecule has 11 heteroatoms. The second-order valence-electron chi connectivity index (χ2n) is 6.41. The van der Waals surface area contributed by atoms with Crippen molar-refractivity contribution >= 4 is 40.2 Å². The van der Waals surface area contributed by atoms with Gasteiger partial charge in [-0.3, -0.25) is 5.43 Å². The van der Waals surface area contributed by atoms with Crippen molar-refractivity contribution in [2.45, 2.75) is 27.7 Å². The van der Waals surface area contributed by atoms with Gasteiger partial charge in [-0.05, 0) is 33.8 Å². The fourth-order valence-electron chi connectivity index (χ4n) is 2.91. The van der Waals surface area contributed by atoms with Crippen molar-refractivity contribution in [2.75, 3.05) is 39.5 Å². The third kappa shape index (κ3) is 5.68. The lowest BCUT2D eigenvalue weighted by atomic mass is 10.0. The lowest BCUT2D eigenvalue weighted by Gasteiger charge is -2.18. The van der Waals surface area contributed by atoms with Gasteiger partial charge in [0.1, 0.15) is 16.9 Å². The topological polar surface area (TPSA) is 135 Å². The molecule has 1 aromatic heterocycles. The molecule has 1 heterocycles. The highest BCUT2D eigenvalue weighted by molar-refractivity contribution is 6.35. The molecule has 0 amide bonds. The molecule has 0 atom stereocenters. The Labute approximate surface area is 191 Å². The highest BCUT2D eigenvalue weighted by Crippen LogP contribution is 2.42. The number of aromatic nitrogens is 1. The molecule has 11 nitrogen and oxygen atoms in total. The molecule has 2 rings (SSSR count). The molecular formula is C22H27N3O8. The monoisotopic (exact) mass is 461 g/mol. The van der Waals surface area contributed by atoms with Crippen molar-refractivity contribution in [1.82, 2.24) is 4.98 Å². The molecule has 33 heavy (non-hydrogen) atoms. The van der Waals surface area contributed by atoms with Crippen molar-refractivity contribution in [3.8, 4) is 11.5 Å². The van der Waals surface area contributed by atoms with E-state index in [-0.39, 0.29) is 52.5 Å². The average molecular weight is 461 g/mol. The van der Waals surface area contributed by atoms with Crippen LogP contribution in [0, 0.1) is 0 Å². The summed E-state index contributed by atoms with van der Waals surface area (Å²) in [6, 6.07) is 2.81. The van der Waals surface area contributed by atoms with Crippen LogP contribution in [0.3, 0.4) is 0 Å². The number of hydrogen-bond acceptors (Lipinski definition) is 11. The van der Waals surface area contributed by atoms with E-state index in [0.717, 1.165) is 0 Å². The molecule has 0 radical (unpaired) electrons. The zero-order valence-corrected chi connectivity index (χ0v) is 19.4. The van der Waals surface area contributed by atoms with Crippen molar-refractivity contribution < 1.29 is 38.1 Å². The molecule has 0 aliphatic heterocycles. The number of carbonyl (C=O) groups excluding carboxylic acids is 3. The molecule has 1 N–H and O–H groups in total. The summed E-state index contributed by atoms with van der Waals surface area (Å²) in [6.07, 6.45) is 0. The minimum Gasteiger partial charge on any atom is -0.490 e. The second kappa shape index (κ2) is 11.7. The molecule has 2 aromatic rings. The maximum Gasteiger partial charge on any atom is 0.356 e. The number of methoxy groups -OCH3 is 2. The van der Waals surface area contributed by atoms with Gasteiger partial charge in [0.15, 0.2) is 11.5 Å². The number of benzene rings is 1. The Morgan fingerprint density at radius 3 is 2.21 bits per heavy atom. The Hall–Kier alpha value is -3.89. The fourth-order valence-corrected chi connectivity index (χ4v) is 2.91. The van der Waals surface area contributed by atoms with Crippen molar-refractivity contribution in [2.24, 2.45) is 5.10 Å².